The maximum atomic E-state index is 10.6. The molecule has 1 aromatic rings. The number of para-hydroxylation sites is 1. The molecule has 17 heavy (non-hydrogen) atoms. The molecule has 0 unspecified atom stereocenters. The van der Waals surface area contributed by atoms with Crippen molar-refractivity contribution >= 4 is 11.9 Å². The highest BCUT2D eigenvalue weighted by molar-refractivity contribution is 5.95. The summed E-state index contributed by atoms with van der Waals surface area (Å²) in [4.78, 5) is 19.4. The number of carboxylic acid groups (broad SMARTS) is 1. The minimum atomic E-state index is -5.08. The van der Waals surface area contributed by atoms with E-state index in [0.717, 1.165) is 0 Å². The molecule has 5 nitrogen and oxygen atoms in total. The minimum Gasteiger partial charge on any atom is -0.507 e. The normalized spacial score (nSPS) is 10.1. The van der Waals surface area contributed by atoms with Gasteiger partial charge in [-0.05, 0) is 12.1 Å². The first-order chi connectivity index (χ1) is 7.66. The molecule has 94 valence electrons. The van der Waals surface area contributed by atoms with Gasteiger partial charge < -0.3 is 15.9 Å². The number of benzene rings is 1. The number of aliphatic carboxylic acids is 1. The van der Waals surface area contributed by atoms with Gasteiger partial charge in [0.1, 0.15) is 5.75 Å². The number of nitrogens with two attached hydrogens (primary N) is 1. The van der Waals surface area contributed by atoms with Crippen LogP contribution in [0.1, 0.15) is 10.4 Å². The zero-order valence-electron chi connectivity index (χ0n) is 8.23. The van der Waals surface area contributed by atoms with Gasteiger partial charge in [-0.1, -0.05) is 12.1 Å². The number of phenols is 1. The van der Waals surface area contributed by atoms with E-state index in [1.807, 2.05) is 0 Å². The quantitative estimate of drug-likeness (QED) is 0.696. The molecule has 0 aliphatic heterocycles. The highest BCUT2D eigenvalue weighted by Crippen LogP contribution is 2.14. The lowest BCUT2D eigenvalue weighted by Crippen LogP contribution is -2.21. The number of rotatable bonds is 1. The van der Waals surface area contributed by atoms with Crippen LogP contribution in [-0.4, -0.2) is 28.3 Å². The lowest BCUT2D eigenvalue weighted by atomic mass is 10.2. The predicted octanol–water partition coefficient (Wildman–Crippen LogP) is 1.12. The van der Waals surface area contributed by atoms with E-state index in [0.29, 0.717) is 0 Å². The minimum absolute atomic E-state index is 0.0741. The van der Waals surface area contributed by atoms with Gasteiger partial charge in [0, 0.05) is 0 Å². The van der Waals surface area contributed by atoms with Crippen LogP contribution >= 0.6 is 0 Å². The van der Waals surface area contributed by atoms with Gasteiger partial charge in [0.25, 0.3) is 5.91 Å². The van der Waals surface area contributed by atoms with E-state index in [4.69, 9.17) is 20.7 Å². The van der Waals surface area contributed by atoms with E-state index in [1.165, 1.54) is 12.1 Å². The summed E-state index contributed by atoms with van der Waals surface area (Å²) in [6.45, 7) is 0. The topological polar surface area (TPSA) is 101 Å². The van der Waals surface area contributed by atoms with Gasteiger partial charge in [0.05, 0.1) is 5.56 Å². The fourth-order valence-electron chi connectivity index (χ4n) is 0.682. The molecular weight excluding hydrogens is 243 g/mol. The van der Waals surface area contributed by atoms with Crippen molar-refractivity contribution in [3.05, 3.63) is 29.8 Å². The maximum Gasteiger partial charge on any atom is 0.490 e. The number of aromatic hydroxyl groups is 1. The van der Waals surface area contributed by atoms with Gasteiger partial charge in [0.2, 0.25) is 0 Å². The number of halogens is 3. The van der Waals surface area contributed by atoms with Gasteiger partial charge in [0.15, 0.2) is 0 Å². The molecular formula is C9H8F3NO4. The zero-order valence-corrected chi connectivity index (χ0v) is 8.23. The molecule has 1 amide bonds. The Morgan fingerprint density at radius 3 is 1.82 bits per heavy atom. The Kier molecular flexibility index (Phi) is 4.97. The molecule has 0 spiro atoms. The van der Waals surface area contributed by atoms with Crippen molar-refractivity contribution in [2.75, 3.05) is 0 Å². The Morgan fingerprint density at radius 2 is 1.59 bits per heavy atom. The van der Waals surface area contributed by atoms with Crippen molar-refractivity contribution in [1.29, 1.82) is 0 Å². The van der Waals surface area contributed by atoms with Crippen LogP contribution in [0.15, 0.2) is 24.3 Å². The summed E-state index contributed by atoms with van der Waals surface area (Å²) in [6, 6.07) is 6.15. The molecule has 0 aliphatic rings. The van der Waals surface area contributed by atoms with Crippen molar-refractivity contribution < 1.29 is 33.0 Å². The van der Waals surface area contributed by atoms with Crippen LogP contribution in [0.2, 0.25) is 0 Å². The van der Waals surface area contributed by atoms with Crippen molar-refractivity contribution in [2.45, 2.75) is 6.18 Å². The van der Waals surface area contributed by atoms with Crippen LogP contribution in [0.5, 0.6) is 5.75 Å². The van der Waals surface area contributed by atoms with Crippen LogP contribution in [0.4, 0.5) is 13.2 Å². The Hall–Kier alpha value is -2.25. The first-order valence-corrected chi connectivity index (χ1v) is 4.04. The third kappa shape index (κ3) is 5.40. The van der Waals surface area contributed by atoms with Crippen LogP contribution in [0.25, 0.3) is 0 Å². The fourth-order valence-corrected chi connectivity index (χ4v) is 0.682. The zero-order chi connectivity index (χ0) is 13.6. The summed E-state index contributed by atoms with van der Waals surface area (Å²) in [5.74, 6) is -3.44. The third-order valence-corrected chi connectivity index (χ3v) is 1.41. The fraction of sp³-hybridized carbons (Fsp3) is 0.111. The first-order valence-electron chi connectivity index (χ1n) is 4.04. The molecule has 0 saturated heterocycles. The maximum absolute atomic E-state index is 10.6. The Morgan fingerprint density at radius 1 is 1.18 bits per heavy atom. The van der Waals surface area contributed by atoms with Gasteiger partial charge in [-0.15, -0.1) is 0 Å². The molecule has 0 saturated carbocycles. The van der Waals surface area contributed by atoms with Crippen LogP contribution in [0, 0.1) is 0 Å². The lowest BCUT2D eigenvalue weighted by Gasteiger charge is -1.96. The number of carbonyl (C=O) groups excluding carboxylic acids is 1. The summed E-state index contributed by atoms with van der Waals surface area (Å²) >= 11 is 0. The van der Waals surface area contributed by atoms with Crippen molar-refractivity contribution in [1.82, 2.24) is 0 Å². The van der Waals surface area contributed by atoms with E-state index < -0.39 is 18.1 Å². The van der Waals surface area contributed by atoms with Crippen LogP contribution in [-0.2, 0) is 4.79 Å². The molecule has 0 fully saturated rings. The second-order valence-electron chi connectivity index (χ2n) is 2.68. The van der Waals surface area contributed by atoms with E-state index in [-0.39, 0.29) is 11.3 Å². The molecule has 0 atom stereocenters. The second-order valence-corrected chi connectivity index (χ2v) is 2.68. The summed E-state index contributed by atoms with van der Waals surface area (Å²) in [6.07, 6.45) is -5.08. The summed E-state index contributed by atoms with van der Waals surface area (Å²) in [7, 11) is 0. The van der Waals surface area contributed by atoms with Crippen molar-refractivity contribution in [3.63, 3.8) is 0 Å². The summed E-state index contributed by atoms with van der Waals surface area (Å²) in [5.41, 5.74) is 5.07. The second kappa shape index (κ2) is 5.73. The van der Waals surface area contributed by atoms with E-state index >= 15 is 0 Å². The van der Waals surface area contributed by atoms with Gasteiger partial charge in [-0.3, -0.25) is 4.79 Å². The largest absolute Gasteiger partial charge is 0.507 e. The van der Waals surface area contributed by atoms with E-state index in [9.17, 15) is 18.0 Å². The van der Waals surface area contributed by atoms with Gasteiger partial charge >= 0.3 is 12.1 Å². The molecule has 0 radical (unpaired) electrons. The average molecular weight is 251 g/mol. The Labute approximate surface area is 93.3 Å². The standard InChI is InChI=1S/C7H7NO2.C2HF3O2/c8-7(10)5-3-1-2-4-6(5)9;3-2(4,5)1(6)7/h1-4,9H,(H2,8,10);(H,6,7). The number of amides is 1. The molecule has 0 bridgehead atoms. The molecule has 1 aromatic carbocycles. The number of primary amides is 1. The van der Waals surface area contributed by atoms with E-state index in [2.05, 4.69) is 0 Å². The number of carboxylic acids is 1. The first kappa shape index (κ1) is 14.8. The highest BCUT2D eigenvalue weighted by Gasteiger charge is 2.38. The van der Waals surface area contributed by atoms with Gasteiger partial charge in [-0.2, -0.15) is 13.2 Å². The molecule has 8 heteroatoms. The van der Waals surface area contributed by atoms with Crippen LogP contribution in [0.3, 0.4) is 0 Å². The molecule has 4 N–H and O–H groups in total. The average Bonchev–Trinajstić information content (AvgIpc) is 2.17. The predicted molar refractivity (Wildman–Crippen MR) is 50.3 cm³/mol. The number of alkyl halides is 3. The summed E-state index contributed by atoms with van der Waals surface area (Å²) in [5, 5.41) is 16.1. The Bertz CT molecular complexity index is 417. The highest BCUT2D eigenvalue weighted by atomic mass is 19.4. The van der Waals surface area contributed by atoms with Crippen molar-refractivity contribution in [2.24, 2.45) is 5.73 Å². The molecule has 1 rings (SSSR count). The summed E-state index contributed by atoms with van der Waals surface area (Å²) < 4.78 is 31.7. The molecule has 0 aliphatic carbocycles. The Balaban J connectivity index is 0.000000325. The molecule has 0 aromatic heterocycles. The number of hydrogen-bond acceptors (Lipinski definition) is 3. The van der Waals surface area contributed by atoms with Crippen molar-refractivity contribution in [3.8, 4) is 5.75 Å². The third-order valence-electron chi connectivity index (χ3n) is 1.41. The number of carbonyl (C=O) groups is 2. The lowest BCUT2D eigenvalue weighted by molar-refractivity contribution is -0.192. The monoisotopic (exact) mass is 251 g/mol. The molecule has 0 heterocycles. The van der Waals surface area contributed by atoms with E-state index in [1.54, 1.807) is 12.1 Å². The van der Waals surface area contributed by atoms with Crippen LogP contribution < -0.4 is 5.73 Å². The smallest absolute Gasteiger partial charge is 0.490 e. The number of hydrogen-bond donors (Lipinski definition) is 3. The SMILES string of the molecule is NC(=O)c1ccccc1O.O=C(O)C(F)(F)F. The van der Waals surface area contributed by atoms with Gasteiger partial charge in [-0.25, -0.2) is 4.79 Å².